The second-order valence-electron chi connectivity index (χ2n) is 6.36. The number of rotatable bonds is 6. The third-order valence-corrected chi connectivity index (χ3v) is 4.67. The molecule has 1 aromatic carbocycles. The van der Waals surface area contributed by atoms with E-state index in [9.17, 15) is 8.78 Å². The van der Waals surface area contributed by atoms with Gasteiger partial charge in [-0.25, -0.2) is 8.78 Å². The highest BCUT2D eigenvalue weighted by molar-refractivity contribution is 5.25. The van der Waals surface area contributed by atoms with Crippen molar-refractivity contribution in [1.82, 2.24) is 0 Å². The molecule has 0 radical (unpaired) electrons. The molecule has 2 unspecified atom stereocenters. The van der Waals surface area contributed by atoms with Crippen LogP contribution in [0.3, 0.4) is 0 Å². The van der Waals surface area contributed by atoms with Crippen LogP contribution in [0.25, 0.3) is 0 Å². The van der Waals surface area contributed by atoms with Gasteiger partial charge < -0.3 is 0 Å². The second kappa shape index (κ2) is 7.72. The van der Waals surface area contributed by atoms with Gasteiger partial charge in [0.05, 0.1) is 0 Å². The highest BCUT2D eigenvalue weighted by atomic mass is 19.2. The maximum absolute atomic E-state index is 13.6. The van der Waals surface area contributed by atoms with Gasteiger partial charge in [0.1, 0.15) is 0 Å². The average molecular weight is 292 g/mol. The number of hydrogen-bond acceptors (Lipinski definition) is 0. The van der Waals surface area contributed by atoms with Gasteiger partial charge in [-0.2, -0.15) is 0 Å². The molecule has 0 spiro atoms. The van der Waals surface area contributed by atoms with Crippen LogP contribution in [-0.4, -0.2) is 0 Å². The van der Waals surface area contributed by atoms with Gasteiger partial charge in [0.25, 0.3) is 0 Å². The van der Waals surface area contributed by atoms with Gasteiger partial charge >= 0.3 is 0 Å². The smallest absolute Gasteiger partial charge is 0.159 e. The summed E-state index contributed by atoms with van der Waals surface area (Å²) in [6.45, 7) is 4.41. The molecular weight excluding hydrogens is 266 g/mol. The molecule has 116 valence electrons. The SMILES string of the molecule is CCCC(C)C(CC1=CCCCC1)c1ccc(F)c(F)c1. The minimum absolute atomic E-state index is 0.296. The van der Waals surface area contributed by atoms with Gasteiger partial charge in [-0.05, 0) is 61.6 Å². The molecule has 1 aliphatic carbocycles. The molecule has 0 aromatic heterocycles. The van der Waals surface area contributed by atoms with Crippen molar-refractivity contribution < 1.29 is 8.78 Å². The number of halogens is 2. The van der Waals surface area contributed by atoms with Gasteiger partial charge in [0, 0.05) is 0 Å². The minimum atomic E-state index is -0.752. The second-order valence-corrected chi connectivity index (χ2v) is 6.36. The molecule has 0 N–H and O–H groups in total. The minimum Gasteiger partial charge on any atom is -0.204 e. The molecule has 2 atom stereocenters. The fraction of sp³-hybridized carbons (Fsp3) is 0.579. The van der Waals surface area contributed by atoms with E-state index in [0.717, 1.165) is 24.8 Å². The standard InChI is InChI=1S/C19H26F2/c1-3-7-14(2)17(12-15-8-5-4-6-9-15)16-10-11-18(20)19(21)13-16/h8,10-11,13-14,17H,3-7,9,12H2,1-2H3. The summed E-state index contributed by atoms with van der Waals surface area (Å²) < 4.78 is 26.8. The predicted octanol–water partition coefficient (Wildman–Crippen LogP) is 6.38. The van der Waals surface area contributed by atoms with Gasteiger partial charge in [-0.3, -0.25) is 0 Å². The van der Waals surface area contributed by atoms with E-state index in [4.69, 9.17) is 0 Å². The van der Waals surface area contributed by atoms with Crippen LogP contribution in [-0.2, 0) is 0 Å². The molecule has 1 aromatic rings. The van der Waals surface area contributed by atoms with Gasteiger partial charge in [-0.1, -0.05) is 44.4 Å². The molecule has 0 saturated heterocycles. The lowest BCUT2D eigenvalue weighted by Gasteiger charge is -2.27. The fourth-order valence-electron chi connectivity index (χ4n) is 3.42. The van der Waals surface area contributed by atoms with Gasteiger partial charge in [0.2, 0.25) is 0 Å². The van der Waals surface area contributed by atoms with Crippen LogP contribution in [0.15, 0.2) is 29.8 Å². The maximum atomic E-state index is 13.6. The maximum Gasteiger partial charge on any atom is 0.159 e. The van der Waals surface area contributed by atoms with Crippen molar-refractivity contribution in [2.45, 2.75) is 64.7 Å². The monoisotopic (exact) mass is 292 g/mol. The van der Waals surface area contributed by atoms with Crippen LogP contribution < -0.4 is 0 Å². The summed E-state index contributed by atoms with van der Waals surface area (Å²) in [7, 11) is 0. The summed E-state index contributed by atoms with van der Waals surface area (Å²) in [5.41, 5.74) is 2.44. The Morgan fingerprint density at radius 1 is 1.14 bits per heavy atom. The van der Waals surface area contributed by atoms with E-state index in [-0.39, 0.29) is 0 Å². The Hall–Kier alpha value is -1.18. The Kier molecular flexibility index (Phi) is 5.96. The zero-order valence-electron chi connectivity index (χ0n) is 13.2. The molecule has 0 heterocycles. The van der Waals surface area contributed by atoms with Crippen LogP contribution >= 0.6 is 0 Å². The molecule has 1 aliphatic rings. The summed E-state index contributed by atoms with van der Waals surface area (Å²) >= 11 is 0. The van der Waals surface area contributed by atoms with Crippen molar-refractivity contribution >= 4 is 0 Å². The molecule has 2 heteroatoms. The van der Waals surface area contributed by atoms with Crippen molar-refractivity contribution in [3.8, 4) is 0 Å². The molecular formula is C19H26F2. The van der Waals surface area contributed by atoms with E-state index in [0.29, 0.717) is 11.8 Å². The highest BCUT2D eigenvalue weighted by Gasteiger charge is 2.22. The zero-order valence-corrected chi connectivity index (χ0v) is 13.2. The third kappa shape index (κ3) is 4.39. The number of benzene rings is 1. The summed E-state index contributed by atoms with van der Waals surface area (Å²) in [5, 5.41) is 0. The number of allylic oxidation sites excluding steroid dienone is 2. The lowest BCUT2D eigenvalue weighted by atomic mass is 9.78. The first-order chi connectivity index (χ1) is 10.1. The van der Waals surface area contributed by atoms with E-state index in [1.807, 2.05) is 0 Å². The Morgan fingerprint density at radius 3 is 2.57 bits per heavy atom. The van der Waals surface area contributed by atoms with E-state index in [1.165, 1.54) is 43.4 Å². The Balaban J connectivity index is 2.21. The lowest BCUT2D eigenvalue weighted by Crippen LogP contribution is -2.12. The molecule has 0 amide bonds. The summed E-state index contributed by atoms with van der Waals surface area (Å²) in [6.07, 6.45) is 10.5. The first-order valence-electron chi connectivity index (χ1n) is 8.24. The fourth-order valence-corrected chi connectivity index (χ4v) is 3.42. The van der Waals surface area contributed by atoms with Crippen molar-refractivity contribution in [2.75, 3.05) is 0 Å². The van der Waals surface area contributed by atoms with E-state index in [2.05, 4.69) is 19.9 Å². The molecule has 21 heavy (non-hydrogen) atoms. The molecule has 0 fully saturated rings. The summed E-state index contributed by atoms with van der Waals surface area (Å²) in [5.74, 6) is -0.691. The summed E-state index contributed by atoms with van der Waals surface area (Å²) in [4.78, 5) is 0. The first kappa shape index (κ1) is 16.2. The molecule has 0 aliphatic heterocycles. The molecule has 0 nitrogen and oxygen atoms in total. The van der Waals surface area contributed by atoms with Crippen molar-refractivity contribution in [3.63, 3.8) is 0 Å². The predicted molar refractivity (Wildman–Crippen MR) is 84.3 cm³/mol. The van der Waals surface area contributed by atoms with Crippen LogP contribution in [0, 0.1) is 17.6 Å². The Morgan fingerprint density at radius 2 is 1.95 bits per heavy atom. The first-order valence-corrected chi connectivity index (χ1v) is 8.24. The van der Waals surface area contributed by atoms with E-state index >= 15 is 0 Å². The van der Waals surface area contributed by atoms with E-state index in [1.54, 1.807) is 6.07 Å². The van der Waals surface area contributed by atoms with Crippen molar-refractivity contribution in [3.05, 3.63) is 47.0 Å². The highest BCUT2D eigenvalue weighted by Crippen LogP contribution is 2.36. The van der Waals surface area contributed by atoms with Crippen molar-refractivity contribution in [2.24, 2.45) is 5.92 Å². The topological polar surface area (TPSA) is 0 Å². The number of hydrogen-bond donors (Lipinski definition) is 0. The van der Waals surface area contributed by atoms with Crippen LogP contribution in [0.5, 0.6) is 0 Å². The largest absolute Gasteiger partial charge is 0.204 e. The lowest BCUT2D eigenvalue weighted by molar-refractivity contribution is 0.411. The quantitative estimate of drug-likeness (QED) is 0.534. The van der Waals surface area contributed by atoms with Gasteiger partial charge in [-0.15, -0.1) is 0 Å². The van der Waals surface area contributed by atoms with Crippen LogP contribution in [0.4, 0.5) is 8.78 Å². The Labute approximate surface area is 127 Å². The van der Waals surface area contributed by atoms with Crippen LogP contribution in [0.1, 0.15) is 70.3 Å². The molecule has 0 saturated carbocycles. The summed E-state index contributed by atoms with van der Waals surface area (Å²) in [6, 6.07) is 4.43. The molecule has 2 rings (SSSR count). The van der Waals surface area contributed by atoms with Gasteiger partial charge in [0.15, 0.2) is 11.6 Å². The normalized spacial score (nSPS) is 18.2. The average Bonchev–Trinajstić information content (AvgIpc) is 2.49. The molecule has 0 bridgehead atoms. The Bertz CT molecular complexity index is 490. The van der Waals surface area contributed by atoms with E-state index < -0.39 is 11.6 Å². The third-order valence-electron chi connectivity index (χ3n) is 4.67. The zero-order chi connectivity index (χ0) is 15.2. The van der Waals surface area contributed by atoms with Crippen molar-refractivity contribution in [1.29, 1.82) is 0 Å². The van der Waals surface area contributed by atoms with Crippen LogP contribution in [0.2, 0.25) is 0 Å².